The molecule has 0 aliphatic rings. The first-order valence-corrected chi connectivity index (χ1v) is 3.40. The van der Waals surface area contributed by atoms with Gasteiger partial charge in [-0.1, -0.05) is 0 Å². The maximum Gasteiger partial charge on any atom is 0.356 e. The lowest BCUT2D eigenvalue weighted by molar-refractivity contribution is 0.0690. The zero-order valence-corrected chi connectivity index (χ0v) is 6.31. The van der Waals surface area contributed by atoms with E-state index in [1.54, 1.807) is 0 Å². The van der Waals surface area contributed by atoms with Gasteiger partial charge in [-0.3, -0.25) is 0 Å². The molecule has 66 valence electrons. The Hall–Kier alpha value is -1.98. The maximum atomic E-state index is 12.5. The number of carboxylic acid groups (broad SMARTS) is 1. The summed E-state index contributed by atoms with van der Waals surface area (Å²) >= 11 is 0. The summed E-state index contributed by atoms with van der Waals surface area (Å²) < 4.78 is 13.8. The number of halogens is 1. The zero-order valence-electron chi connectivity index (χ0n) is 6.31. The van der Waals surface area contributed by atoms with Crippen LogP contribution in [0.3, 0.4) is 0 Å². The van der Waals surface area contributed by atoms with Crippen LogP contribution >= 0.6 is 0 Å². The molecule has 0 aromatic carbocycles. The molecule has 13 heavy (non-hydrogen) atoms. The third kappa shape index (κ3) is 1.22. The predicted molar refractivity (Wildman–Crippen MR) is 39.9 cm³/mol. The van der Waals surface area contributed by atoms with Gasteiger partial charge in [-0.15, -0.1) is 0 Å². The Morgan fingerprint density at radius 3 is 3.00 bits per heavy atom. The van der Waals surface area contributed by atoms with Gasteiger partial charge in [0, 0.05) is 6.20 Å². The topological polar surface area (TPSA) is 67.5 Å². The number of aromatic nitrogens is 3. The summed E-state index contributed by atoms with van der Waals surface area (Å²) in [6.45, 7) is 0. The Morgan fingerprint density at radius 1 is 1.54 bits per heavy atom. The molecule has 5 nitrogen and oxygen atoms in total. The van der Waals surface area contributed by atoms with Gasteiger partial charge in [0.15, 0.2) is 11.3 Å². The smallest absolute Gasteiger partial charge is 0.356 e. The molecule has 2 heterocycles. The first-order chi connectivity index (χ1) is 6.16. The van der Waals surface area contributed by atoms with Gasteiger partial charge >= 0.3 is 5.97 Å². The van der Waals surface area contributed by atoms with Crippen LogP contribution in [0.1, 0.15) is 10.5 Å². The largest absolute Gasteiger partial charge is 0.476 e. The standard InChI is InChI=1S/C7H4FN3O2/c8-5-3-11-2-4(7(12)13)9-1-6(11)10-5/h1-3H,(H,12,13). The van der Waals surface area contributed by atoms with E-state index in [1.165, 1.54) is 16.8 Å². The fourth-order valence-corrected chi connectivity index (χ4v) is 0.979. The number of carbonyl (C=O) groups is 1. The van der Waals surface area contributed by atoms with Crippen LogP contribution < -0.4 is 0 Å². The highest BCUT2D eigenvalue weighted by Gasteiger charge is 2.06. The molecule has 0 unspecified atom stereocenters. The first-order valence-electron chi connectivity index (χ1n) is 3.40. The van der Waals surface area contributed by atoms with Crippen molar-refractivity contribution in [2.75, 3.05) is 0 Å². The molecule has 2 rings (SSSR count). The number of carboxylic acids is 1. The summed E-state index contributed by atoms with van der Waals surface area (Å²) in [6.07, 6.45) is 3.49. The average molecular weight is 181 g/mol. The predicted octanol–water partition coefficient (Wildman–Crippen LogP) is 0.567. The van der Waals surface area contributed by atoms with E-state index in [9.17, 15) is 9.18 Å². The Bertz CT molecular complexity index is 480. The summed E-state index contributed by atoms with van der Waals surface area (Å²) in [4.78, 5) is 17.5. The van der Waals surface area contributed by atoms with E-state index < -0.39 is 11.9 Å². The van der Waals surface area contributed by atoms with Crippen LogP contribution in [-0.2, 0) is 0 Å². The molecule has 0 spiro atoms. The number of rotatable bonds is 1. The van der Waals surface area contributed by atoms with E-state index >= 15 is 0 Å². The molecular weight excluding hydrogens is 177 g/mol. The second-order valence-electron chi connectivity index (χ2n) is 2.41. The van der Waals surface area contributed by atoms with Gasteiger partial charge in [0.1, 0.15) is 0 Å². The Morgan fingerprint density at radius 2 is 2.31 bits per heavy atom. The van der Waals surface area contributed by atoms with Crippen molar-refractivity contribution in [2.24, 2.45) is 0 Å². The van der Waals surface area contributed by atoms with Crippen molar-refractivity contribution in [1.82, 2.24) is 14.4 Å². The van der Waals surface area contributed by atoms with E-state index in [-0.39, 0.29) is 11.3 Å². The fraction of sp³-hybridized carbons (Fsp3) is 0. The van der Waals surface area contributed by atoms with E-state index in [0.29, 0.717) is 0 Å². The minimum absolute atomic E-state index is 0.148. The van der Waals surface area contributed by atoms with Crippen molar-refractivity contribution in [3.63, 3.8) is 0 Å². The molecule has 2 aromatic rings. The average Bonchev–Trinajstić information content (AvgIpc) is 2.42. The van der Waals surface area contributed by atoms with Crippen molar-refractivity contribution < 1.29 is 14.3 Å². The lowest BCUT2D eigenvalue weighted by Crippen LogP contribution is -2.01. The van der Waals surface area contributed by atoms with Gasteiger partial charge < -0.3 is 9.51 Å². The second-order valence-corrected chi connectivity index (χ2v) is 2.41. The minimum atomic E-state index is -1.16. The second kappa shape index (κ2) is 2.51. The molecule has 2 aromatic heterocycles. The first kappa shape index (κ1) is 7.66. The summed E-state index contributed by atoms with van der Waals surface area (Å²) in [5.41, 5.74) is 0.132. The fourth-order valence-electron chi connectivity index (χ4n) is 0.979. The monoisotopic (exact) mass is 181 g/mol. The van der Waals surface area contributed by atoms with E-state index in [1.807, 2.05) is 0 Å². The van der Waals surface area contributed by atoms with Crippen LogP contribution in [0.25, 0.3) is 5.65 Å². The maximum absolute atomic E-state index is 12.5. The van der Waals surface area contributed by atoms with Gasteiger partial charge in [-0.2, -0.15) is 9.37 Å². The number of hydrogen-bond donors (Lipinski definition) is 1. The summed E-state index contributed by atoms with van der Waals surface area (Å²) in [5, 5.41) is 8.56. The van der Waals surface area contributed by atoms with Crippen molar-refractivity contribution in [3.8, 4) is 0 Å². The highest BCUT2D eigenvalue weighted by atomic mass is 19.1. The Kier molecular flexibility index (Phi) is 1.48. The Labute approximate surface area is 71.5 Å². The Balaban J connectivity index is 2.67. The van der Waals surface area contributed by atoms with Gasteiger partial charge in [0.2, 0.25) is 5.95 Å². The third-order valence-electron chi connectivity index (χ3n) is 1.53. The minimum Gasteiger partial charge on any atom is -0.476 e. The van der Waals surface area contributed by atoms with E-state index in [0.717, 1.165) is 6.20 Å². The molecule has 0 amide bonds. The van der Waals surface area contributed by atoms with Crippen molar-refractivity contribution in [1.29, 1.82) is 0 Å². The molecule has 0 radical (unpaired) electrons. The number of imidazole rings is 1. The van der Waals surface area contributed by atoms with Crippen molar-refractivity contribution >= 4 is 11.6 Å². The van der Waals surface area contributed by atoms with Crippen molar-refractivity contribution in [3.05, 3.63) is 30.2 Å². The van der Waals surface area contributed by atoms with Crippen LogP contribution in [0.2, 0.25) is 0 Å². The quantitative estimate of drug-likeness (QED) is 0.698. The molecule has 0 aliphatic carbocycles. The van der Waals surface area contributed by atoms with Gasteiger partial charge in [-0.25, -0.2) is 9.78 Å². The molecule has 0 bridgehead atoms. The molecule has 0 atom stereocenters. The van der Waals surface area contributed by atoms with Crippen LogP contribution in [0.4, 0.5) is 4.39 Å². The lowest BCUT2D eigenvalue weighted by Gasteiger charge is -1.93. The van der Waals surface area contributed by atoms with E-state index in [4.69, 9.17) is 5.11 Å². The van der Waals surface area contributed by atoms with Crippen LogP contribution in [-0.4, -0.2) is 25.4 Å². The van der Waals surface area contributed by atoms with Crippen LogP contribution in [0, 0.1) is 5.95 Å². The number of hydrogen-bond acceptors (Lipinski definition) is 3. The van der Waals surface area contributed by atoms with Crippen LogP contribution in [0.5, 0.6) is 0 Å². The molecule has 0 saturated heterocycles. The molecule has 0 fully saturated rings. The van der Waals surface area contributed by atoms with Crippen molar-refractivity contribution in [2.45, 2.75) is 0 Å². The summed E-state index contributed by atoms with van der Waals surface area (Å²) in [7, 11) is 0. The molecular formula is C7H4FN3O2. The van der Waals surface area contributed by atoms with Gasteiger partial charge in [-0.05, 0) is 0 Å². The SMILES string of the molecule is O=C(O)c1cn2cc(F)nc2cn1. The lowest BCUT2D eigenvalue weighted by atomic mass is 10.4. The summed E-state index contributed by atoms with van der Waals surface area (Å²) in [5.74, 6) is -1.82. The highest BCUT2D eigenvalue weighted by molar-refractivity contribution is 5.85. The highest BCUT2D eigenvalue weighted by Crippen LogP contribution is 2.03. The van der Waals surface area contributed by atoms with Crippen LogP contribution in [0.15, 0.2) is 18.6 Å². The molecule has 6 heteroatoms. The molecule has 0 saturated carbocycles. The number of aromatic carboxylic acids is 1. The number of nitrogens with zero attached hydrogens (tertiary/aromatic N) is 3. The van der Waals surface area contributed by atoms with E-state index in [2.05, 4.69) is 9.97 Å². The van der Waals surface area contributed by atoms with Gasteiger partial charge in [0.25, 0.3) is 0 Å². The zero-order chi connectivity index (χ0) is 9.42. The third-order valence-corrected chi connectivity index (χ3v) is 1.53. The normalized spacial score (nSPS) is 10.5. The number of fused-ring (bicyclic) bond motifs is 1. The molecule has 0 aliphatic heterocycles. The summed E-state index contributed by atoms with van der Waals surface area (Å²) in [6, 6.07) is 0. The molecule has 1 N–H and O–H groups in total. The van der Waals surface area contributed by atoms with Gasteiger partial charge in [0.05, 0.1) is 12.4 Å².